The number of benzene rings is 1. The second-order valence-electron chi connectivity index (χ2n) is 5.90. The molecule has 1 heterocycles. The lowest BCUT2D eigenvalue weighted by Crippen LogP contribution is -2.06. The third kappa shape index (κ3) is 6.07. The van der Waals surface area contributed by atoms with Crippen LogP contribution in [0.4, 0.5) is 0 Å². The van der Waals surface area contributed by atoms with Gasteiger partial charge in [-0.1, -0.05) is 19.3 Å². The first-order valence-corrected chi connectivity index (χ1v) is 8.45. The van der Waals surface area contributed by atoms with Gasteiger partial charge >= 0.3 is 5.63 Å². The second-order valence-corrected chi connectivity index (χ2v) is 5.90. The highest BCUT2D eigenvalue weighted by Crippen LogP contribution is 2.19. The molecule has 0 aliphatic heterocycles. The molecule has 1 unspecified atom stereocenters. The summed E-state index contributed by atoms with van der Waals surface area (Å²) < 4.78 is 15.7. The molecule has 5 heteroatoms. The lowest BCUT2D eigenvalue weighted by Gasteiger charge is -2.09. The fourth-order valence-electron chi connectivity index (χ4n) is 2.55. The van der Waals surface area contributed by atoms with Crippen LogP contribution in [-0.4, -0.2) is 19.2 Å². The summed E-state index contributed by atoms with van der Waals surface area (Å²) in [5.41, 5.74) is 0.194. The molecule has 1 aromatic heterocycles. The number of rotatable bonds is 11. The molecule has 0 fully saturated rings. The van der Waals surface area contributed by atoms with E-state index < -0.39 is 0 Å². The Morgan fingerprint density at radius 3 is 2.67 bits per heavy atom. The van der Waals surface area contributed by atoms with Crippen LogP contribution in [0.5, 0.6) is 5.75 Å². The van der Waals surface area contributed by atoms with E-state index in [2.05, 4.69) is 0 Å². The highest BCUT2D eigenvalue weighted by molar-refractivity contribution is 5.77. The van der Waals surface area contributed by atoms with Crippen molar-refractivity contribution in [2.24, 2.45) is 0 Å². The molecular weight excluding hydrogens is 308 g/mol. The van der Waals surface area contributed by atoms with Crippen LogP contribution in [0, 0.1) is 0 Å². The van der Waals surface area contributed by atoms with Gasteiger partial charge in [0.15, 0.2) is 0 Å². The fraction of sp³-hybridized carbons (Fsp3) is 0.474. The van der Waals surface area contributed by atoms with Crippen molar-refractivity contribution in [1.29, 1.82) is 0 Å². The number of carbonyl (C=O) groups excluding carboxylic acids is 1. The molecule has 1 atom stereocenters. The summed E-state index contributed by atoms with van der Waals surface area (Å²) >= 11 is 0. The van der Waals surface area contributed by atoms with Crippen LogP contribution in [0.2, 0.25) is 0 Å². The topological polar surface area (TPSA) is 65.7 Å². The maximum absolute atomic E-state index is 11.2. The van der Waals surface area contributed by atoms with Crippen molar-refractivity contribution in [2.75, 3.05) is 6.61 Å². The first-order valence-electron chi connectivity index (χ1n) is 8.45. The predicted molar refractivity (Wildman–Crippen MR) is 92.3 cm³/mol. The van der Waals surface area contributed by atoms with E-state index in [1.807, 2.05) is 19.1 Å². The lowest BCUT2D eigenvalue weighted by molar-refractivity contribution is -0.133. The van der Waals surface area contributed by atoms with E-state index in [0.717, 1.165) is 49.7 Å². The van der Waals surface area contributed by atoms with E-state index in [4.69, 9.17) is 13.9 Å². The smallest absolute Gasteiger partial charge is 0.336 e. The average molecular weight is 332 g/mol. The van der Waals surface area contributed by atoms with Crippen LogP contribution in [0.25, 0.3) is 11.0 Å². The van der Waals surface area contributed by atoms with Crippen molar-refractivity contribution in [3.8, 4) is 5.75 Å². The molecular formula is C19H24O5. The van der Waals surface area contributed by atoms with Crippen molar-refractivity contribution in [3.63, 3.8) is 0 Å². The standard InChI is InChI=1S/C19H24O5/c1-15(23-14-20)7-5-3-2-4-6-12-22-17-10-8-16-9-11-19(21)24-18(16)13-17/h8-11,13-15H,2-7,12H2,1H3. The predicted octanol–water partition coefficient (Wildman–Crippen LogP) is 4.07. The molecule has 130 valence electrons. The minimum Gasteiger partial charge on any atom is -0.493 e. The molecule has 24 heavy (non-hydrogen) atoms. The van der Waals surface area contributed by atoms with Gasteiger partial charge in [-0.25, -0.2) is 4.79 Å². The van der Waals surface area contributed by atoms with Crippen molar-refractivity contribution >= 4 is 17.4 Å². The SMILES string of the molecule is CC(CCCCCCCOc1ccc2ccc(=O)oc2c1)OC=O. The Labute approximate surface area is 141 Å². The van der Waals surface area contributed by atoms with E-state index in [1.54, 1.807) is 12.1 Å². The monoisotopic (exact) mass is 332 g/mol. The van der Waals surface area contributed by atoms with Gasteiger partial charge in [-0.15, -0.1) is 0 Å². The summed E-state index contributed by atoms with van der Waals surface area (Å²) in [4.78, 5) is 21.4. The number of hydrogen-bond donors (Lipinski definition) is 0. The molecule has 2 aromatic rings. The van der Waals surface area contributed by atoms with Crippen LogP contribution < -0.4 is 10.4 Å². The Bertz CT molecular complexity index is 691. The van der Waals surface area contributed by atoms with E-state index in [-0.39, 0.29) is 11.7 Å². The van der Waals surface area contributed by atoms with E-state index in [0.29, 0.717) is 18.7 Å². The quantitative estimate of drug-likeness (QED) is 0.352. The molecule has 2 rings (SSSR count). The molecule has 0 spiro atoms. The summed E-state index contributed by atoms with van der Waals surface area (Å²) in [5.74, 6) is 0.719. The van der Waals surface area contributed by atoms with Gasteiger partial charge < -0.3 is 13.9 Å². The third-order valence-corrected chi connectivity index (χ3v) is 3.91. The zero-order chi connectivity index (χ0) is 17.2. The summed E-state index contributed by atoms with van der Waals surface area (Å²) in [6, 6.07) is 8.68. The largest absolute Gasteiger partial charge is 0.493 e. The van der Waals surface area contributed by atoms with E-state index in [9.17, 15) is 9.59 Å². The number of ether oxygens (including phenoxy) is 2. The molecule has 0 saturated heterocycles. The summed E-state index contributed by atoms with van der Waals surface area (Å²) in [6.07, 6.45) is 6.36. The maximum atomic E-state index is 11.2. The summed E-state index contributed by atoms with van der Waals surface area (Å²) in [6.45, 7) is 3.07. The van der Waals surface area contributed by atoms with Gasteiger partial charge in [-0.3, -0.25) is 4.79 Å². The van der Waals surface area contributed by atoms with Crippen LogP contribution >= 0.6 is 0 Å². The zero-order valence-electron chi connectivity index (χ0n) is 14.0. The number of unbranched alkanes of at least 4 members (excludes halogenated alkanes) is 4. The van der Waals surface area contributed by atoms with Crippen LogP contribution in [0.1, 0.15) is 45.4 Å². The molecule has 0 aliphatic rings. The summed E-state index contributed by atoms with van der Waals surface area (Å²) in [5, 5.41) is 0.884. The molecule has 0 saturated carbocycles. The van der Waals surface area contributed by atoms with E-state index in [1.165, 1.54) is 6.07 Å². The highest BCUT2D eigenvalue weighted by Gasteiger charge is 2.02. The van der Waals surface area contributed by atoms with Crippen molar-refractivity contribution in [3.05, 3.63) is 40.8 Å². The first-order chi connectivity index (χ1) is 11.7. The Hall–Kier alpha value is -2.30. The lowest BCUT2D eigenvalue weighted by atomic mass is 10.1. The Balaban J connectivity index is 1.61. The number of hydrogen-bond acceptors (Lipinski definition) is 5. The highest BCUT2D eigenvalue weighted by atomic mass is 16.5. The first kappa shape index (κ1) is 18.0. The zero-order valence-corrected chi connectivity index (χ0v) is 14.0. The van der Waals surface area contributed by atoms with E-state index >= 15 is 0 Å². The van der Waals surface area contributed by atoms with Crippen LogP contribution in [0.3, 0.4) is 0 Å². The molecule has 0 radical (unpaired) electrons. The fourth-order valence-corrected chi connectivity index (χ4v) is 2.55. The van der Waals surface area contributed by atoms with Gasteiger partial charge in [-0.2, -0.15) is 0 Å². The van der Waals surface area contributed by atoms with Crippen molar-refractivity contribution in [1.82, 2.24) is 0 Å². The average Bonchev–Trinajstić information content (AvgIpc) is 2.57. The van der Waals surface area contributed by atoms with Gasteiger partial charge in [0.1, 0.15) is 11.3 Å². The van der Waals surface area contributed by atoms with Crippen LogP contribution in [0.15, 0.2) is 39.5 Å². The Morgan fingerprint density at radius 2 is 1.83 bits per heavy atom. The van der Waals surface area contributed by atoms with Crippen LogP contribution in [-0.2, 0) is 9.53 Å². The molecule has 0 bridgehead atoms. The third-order valence-electron chi connectivity index (χ3n) is 3.91. The van der Waals surface area contributed by atoms with Gasteiger partial charge in [0.2, 0.25) is 0 Å². The normalized spacial score (nSPS) is 12.0. The van der Waals surface area contributed by atoms with Crippen molar-refractivity contribution in [2.45, 2.75) is 51.6 Å². The maximum Gasteiger partial charge on any atom is 0.336 e. The van der Waals surface area contributed by atoms with Gasteiger partial charge in [0.05, 0.1) is 12.7 Å². The molecule has 0 amide bonds. The molecule has 0 N–H and O–H groups in total. The molecule has 1 aromatic carbocycles. The molecule has 5 nitrogen and oxygen atoms in total. The number of carbonyl (C=O) groups is 1. The number of fused-ring (bicyclic) bond motifs is 1. The van der Waals surface area contributed by atoms with Gasteiger partial charge in [0.25, 0.3) is 6.47 Å². The Morgan fingerprint density at radius 1 is 1.08 bits per heavy atom. The minimum absolute atomic E-state index is 0.0128. The molecule has 0 aliphatic carbocycles. The Kier molecular flexibility index (Phi) is 7.33. The van der Waals surface area contributed by atoms with Gasteiger partial charge in [-0.05, 0) is 44.4 Å². The second kappa shape index (κ2) is 9.75. The minimum atomic E-state index is -0.354. The van der Waals surface area contributed by atoms with Gasteiger partial charge in [0, 0.05) is 17.5 Å². The van der Waals surface area contributed by atoms with Crippen molar-refractivity contribution < 1.29 is 18.7 Å². The summed E-state index contributed by atoms with van der Waals surface area (Å²) in [7, 11) is 0.